The molecule has 0 amide bonds. The fourth-order valence-corrected chi connectivity index (χ4v) is 2.17. The van der Waals surface area contributed by atoms with E-state index in [1.54, 1.807) is 6.07 Å². The van der Waals surface area contributed by atoms with E-state index in [9.17, 15) is 13.6 Å². The molecule has 132 valence electrons. The fourth-order valence-electron chi connectivity index (χ4n) is 2.17. The molecule has 0 saturated heterocycles. The zero-order chi connectivity index (χ0) is 18.6. The minimum atomic E-state index is -0.979. The zero-order valence-electron chi connectivity index (χ0n) is 13.5. The van der Waals surface area contributed by atoms with Crippen LogP contribution in [0.25, 0.3) is 5.69 Å². The van der Waals surface area contributed by atoms with E-state index in [1.807, 2.05) is 0 Å². The Kier molecular flexibility index (Phi) is 5.56. The molecule has 0 aliphatic heterocycles. The van der Waals surface area contributed by atoms with E-state index in [1.165, 1.54) is 13.3 Å². The predicted molar refractivity (Wildman–Crippen MR) is 83.5 cm³/mol. The van der Waals surface area contributed by atoms with Gasteiger partial charge in [-0.05, 0) is 0 Å². The minimum Gasteiger partial charge on any atom is -0.485 e. The van der Waals surface area contributed by atoms with Crippen molar-refractivity contribution in [2.45, 2.75) is 0 Å². The van der Waals surface area contributed by atoms with Crippen molar-refractivity contribution in [3.8, 4) is 17.5 Å². The lowest BCUT2D eigenvalue weighted by molar-refractivity contribution is 0.0593. The molecule has 0 atom stereocenters. The Morgan fingerprint density at radius 1 is 1.28 bits per heavy atom. The van der Waals surface area contributed by atoms with E-state index in [0.717, 1.165) is 23.8 Å². The molecule has 0 unspecified atom stereocenters. The van der Waals surface area contributed by atoms with Crippen molar-refractivity contribution in [2.75, 3.05) is 33.2 Å². The maximum atomic E-state index is 14.2. The molecule has 2 rings (SSSR count). The zero-order valence-corrected chi connectivity index (χ0v) is 13.5. The van der Waals surface area contributed by atoms with Crippen LogP contribution in [-0.2, 0) is 9.47 Å². The highest BCUT2D eigenvalue weighted by atomic mass is 19.1. The molecule has 1 heterocycles. The summed E-state index contributed by atoms with van der Waals surface area (Å²) in [5.41, 5.74) is 5.32. The summed E-state index contributed by atoms with van der Waals surface area (Å²) in [5.74, 6) is -3.37. The number of rotatable bonds is 6. The van der Waals surface area contributed by atoms with Crippen molar-refractivity contribution in [3.63, 3.8) is 0 Å². The number of nitrogen functional groups attached to an aromatic ring is 1. The number of esters is 1. The van der Waals surface area contributed by atoms with Crippen LogP contribution in [0, 0.1) is 23.0 Å². The number of aromatic nitrogens is 1. The third-order valence-corrected chi connectivity index (χ3v) is 3.34. The summed E-state index contributed by atoms with van der Waals surface area (Å²) in [4.78, 5) is 11.9. The molecule has 7 nitrogen and oxygen atoms in total. The standard InChI is InChI=1S/C16H15F2N3O4/c1-23-3-4-25-15-11(17)5-10(6-12(15)18)21-8-9(7-19)13(20)14(21)16(22)24-2/h5-6,8H,3-4,20H2,1-2H3. The first-order valence-corrected chi connectivity index (χ1v) is 7.05. The lowest BCUT2D eigenvalue weighted by atomic mass is 10.2. The average molecular weight is 351 g/mol. The van der Waals surface area contributed by atoms with Gasteiger partial charge in [0, 0.05) is 25.4 Å². The number of benzene rings is 1. The summed E-state index contributed by atoms with van der Waals surface area (Å²) in [5, 5.41) is 9.06. The molecule has 0 spiro atoms. The summed E-state index contributed by atoms with van der Waals surface area (Å²) in [6, 6.07) is 3.71. The van der Waals surface area contributed by atoms with Crippen LogP contribution in [0.15, 0.2) is 18.3 Å². The van der Waals surface area contributed by atoms with Gasteiger partial charge in [0.15, 0.2) is 23.1 Å². The molecule has 1 aromatic carbocycles. The molecule has 0 radical (unpaired) electrons. The second-order valence-corrected chi connectivity index (χ2v) is 4.86. The van der Waals surface area contributed by atoms with Crippen molar-refractivity contribution in [1.29, 1.82) is 5.26 Å². The molecule has 25 heavy (non-hydrogen) atoms. The summed E-state index contributed by atoms with van der Waals surface area (Å²) in [7, 11) is 2.55. The van der Waals surface area contributed by atoms with Gasteiger partial charge in [-0.2, -0.15) is 5.26 Å². The number of nitriles is 1. The van der Waals surface area contributed by atoms with Crippen molar-refractivity contribution in [3.05, 3.63) is 41.2 Å². The number of carbonyl (C=O) groups is 1. The van der Waals surface area contributed by atoms with Crippen LogP contribution in [0.2, 0.25) is 0 Å². The van der Waals surface area contributed by atoms with E-state index in [-0.39, 0.29) is 35.8 Å². The number of halogens is 2. The molecule has 2 N–H and O–H groups in total. The summed E-state index contributed by atoms with van der Waals surface area (Å²) >= 11 is 0. The summed E-state index contributed by atoms with van der Waals surface area (Å²) in [6.45, 7) is 0.124. The van der Waals surface area contributed by atoms with Gasteiger partial charge in [-0.1, -0.05) is 0 Å². The number of nitrogens with two attached hydrogens (primary N) is 1. The normalized spacial score (nSPS) is 10.4. The molecule has 0 aliphatic carbocycles. The molecule has 1 aromatic heterocycles. The topological polar surface area (TPSA) is 99.5 Å². The van der Waals surface area contributed by atoms with Crippen LogP contribution in [-0.4, -0.2) is 38.0 Å². The van der Waals surface area contributed by atoms with Crippen LogP contribution in [0.5, 0.6) is 5.75 Å². The van der Waals surface area contributed by atoms with Crippen LogP contribution >= 0.6 is 0 Å². The molecule has 9 heteroatoms. The quantitative estimate of drug-likeness (QED) is 0.631. The van der Waals surface area contributed by atoms with Gasteiger partial charge < -0.3 is 24.5 Å². The fraction of sp³-hybridized carbons (Fsp3) is 0.250. The Hall–Kier alpha value is -3.12. The number of hydrogen-bond donors (Lipinski definition) is 1. The highest BCUT2D eigenvalue weighted by molar-refractivity contribution is 5.95. The van der Waals surface area contributed by atoms with Crippen LogP contribution in [0.4, 0.5) is 14.5 Å². The maximum Gasteiger partial charge on any atom is 0.357 e. The van der Waals surface area contributed by atoms with E-state index in [2.05, 4.69) is 4.74 Å². The summed E-state index contributed by atoms with van der Waals surface area (Å²) < 4.78 is 43.8. The lowest BCUT2D eigenvalue weighted by Crippen LogP contribution is -2.12. The average Bonchev–Trinajstić information content (AvgIpc) is 2.93. The highest BCUT2D eigenvalue weighted by Gasteiger charge is 2.23. The number of methoxy groups -OCH3 is 2. The third-order valence-electron chi connectivity index (χ3n) is 3.34. The predicted octanol–water partition coefficient (Wildman–Crippen LogP) is 2.02. The van der Waals surface area contributed by atoms with Crippen LogP contribution in [0.3, 0.4) is 0 Å². The molecule has 0 saturated carbocycles. The van der Waals surface area contributed by atoms with Gasteiger partial charge >= 0.3 is 5.97 Å². The Balaban J connectivity index is 2.53. The first-order valence-electron chi connectivity index (χ1n) is 7.05. The van der Waals surface area contributed by atoms with Crippen molar-refractivity contribution in [1.82, 2.24) is 4.57 Å². The molecular weight excluding hydrogens is 336 g/mol. The van der Waals surface area contributed by atoms with Crippen LogP contribution < -0.4 is 10.5 Å². The second kappa shape index (κ2) is 7.63. The highest BCUT2D eigenvalue weighted by Crippen LogP contribution is 2.29. The first kappa shape index (κ1) is 18.2. The molecule has 2 aromatic rings. The number of nitrogens with zero attached hydrogens (tertiary/aromatic N) is 2. The van der Waals surface area contributed by atoms with Crippen LogP contribution in [0.1, 0.15) is 16.1 Å². The van der Waals surface area contributed by atoms with E-state index < -0.39 is 23.4 Å². The van der Waals surface area contributed by atoms with Gasteiger partial charge in [-0.25, -0.2) is 13.6 Å². The van der Waals surface area contributed by atoms with Crippen molar-refractivity contribution < 1.29 is 27.8 Å². The lowest BCUT2D eigenvalue weighted by Gasteiger charge is -2.12. The minimum absolute atomic E-state index is 0.0263. The summed E-state index contributed by atoms with van der Waals surface area (Å²) in [6.07, 6.45) is 1.20. The Morgan fingerprint density at radius 2 is 1.92 bits per heavy atom. The number of carbonyl (C=O) groups excluding carboxylic acids is 1. The smallest absolute Gasteiger partial charge is 0.357 e. The number of anilines is 1. The molecule has 0 bridgehead atoms. The van der Waals surface area contributed by atoms with E-state index in [0.29, 0.717) is 0 Å². The molecule has 0 fully saturated rings. The van der Waals surface area contributed by atoms with Gasteiger partial charge in [0.05, 0.1) is 30.7 Å². The largest absolute Gasteiger partial charge is 0.485 e. The Bertz CT molecular complexity index is 820. The van der Waals surface area contributed by atoms with Gasteiger partial charge in [0.2, 0.25) is 0 Å². The van der Waals surface area contributed by atoms with E-state index in [4.69, 9.17) is 20.5 Å². The van der Waals surface area contributed by atoms with Gasteiger partial charge in [0.25, 0.3) is 0 Å². The van der Waals surface area contributed by atoms with Gasteiger partial charge in [0.1, 0.15) is 12.7 Å². The number of ether oxygens (including phenoxy) is 3. The number of hydrogen-bond acceptors (Lipinski definition) is 6. The monoisotopic (exact) mass is 351 g/mol. The molecule has 0 aliphatic rings. The van der Waals surface area contributed by atoms with Gasteiger partial charge in [-0.3, -0.25) is 0 Å². The maximum absolute atomic E-state index is 14.2. The molecular formula is C16H15F2N3O4. The third kappa shape index (κ3) is 3.54. The van der Waals surface area contributed by atoms with Gasteiger partial charge in [-0.15, -0.1) is 0 Å². The van der Waals surface area contributed by atoms with Crippen molar-refractivity contribution >= 4 is 11.7 Å². The Labute approximate surface area is 142 Å². The Morgan fingerprint density at radius 3 is 2.44 bits per heavy atom. The SMILES string of the molecule is COCCOc1c(F)cc(-n2cc(C#N)c(N)c2C(=O)OC)cc1F. The van der Waals surface area contributed by atoms with E-state index >= 15 is 0 Å². The van der Waals surface area contributed by atoms with Crippen molar-refractivity contribution in [2.24, 2.45) is 0 Å². The first-order chi connectivity index (χ1) is 11.9. The second-order valence-electron chi connectivity index (χ2n) is 4.86.